The monoisotopic (exact) mass is 279 g/mol. The van der Waals surface area contributed by atoms with Crippen molar-refractivity contribution in [1.29, 1.82) is 0 Å². The summed E-state index contributed by atoms with van der Waals surface area (Å²) in [5.74, 6) is 0.204. The number of nitrogens with one attached hydrogen (secondary N) is 1. The van der Waals surface area contributed by atoms with Crippen LogP contribution in [0.5, 0.6) is 5.75 Å². The summed E-state index contributed by atoms with van der Waals surface area (Å²) in [6.45, 7) is 8.58. The van der Waals surface area contributed by atoms with Crippen LogP contribution >= 0.6 is 0 Å². The van der Waals surface area contributed by atoms with Crippen molar-refractivity contribution in [3.05, 3.63) is 42.2 Å². The van der Waals surface area contributed by atoms with E-state index in [1.165, 1.54) is 6.07 Å². The fraction of sp³-hybridized carbons (Fsp3) is 0.400. The first-order valence-electron chi connectivity index (χ1n) is 6.62. The number of aliphatic imine (C=N–C) groups is 1. The van der Waals surface area contributed by atoms with E-state index in [-0.39, 0.29) is 17.7 Å². The molecular formula is C15H22FN3O. The number of nitrogens with two attached hydrogens (primary N) is 1. The molecule has 0 aliphatic rings. The second kappa shape index (κ2) is 8.19. The molecule has 1 unspecified atom stereocenters. The first kappa shape index (κ1) is 16.0. The summed E-state index contributed by atoms with van der Waals surface area (Å²) in [5, 5.41) is 2.94. The number of guanidine groups is 1. The SMILES string of the molecule is C=C(C)CNC(N)=NCC(CC)Oc1ccccc1F. The van der Waals surface area contributed by atoms with Gasteiger partial charge in [0.05, 0.1) is 6.54 Å². The van der Waals surface area contributed by atoms with Crippen LogP contribution in [0, 0.1) is 5.82 Å². The normalized spacial score (nSPS) is 12.8. The highest BCUT2D eigenvalue weighted by molar-refractivity contribution is 5.78. The van der Waals surface area contributed by atoms with Crippen LogP contribution in [0.1, 0.15) is 20.3 Å². The maximum atomic E-state index is 13.5. The molecule has 1 atom stereocenters. The van der Waals surface area contributed by atoms with Gasteiger partial charge in [-0.1, -0.05) is 31.2 Å². The summed E-state index contributed by atoms with van der Waals surface area (Å²) in [4.78, 5) is 4.19. The minimum atomic E-state index is -0.372. The van der Waals surface area contributed by atoms with Crippen molar-refractivity contribution in [3.8, 4) is 5.75 Å². The Bertz CT molecular complexity index is 474. The molecule has 0 aliphatic carbocycles. The second-order valence-electron chi connectivity index (χ2n) is 4.62. The summed E-state index contributed by atoms with van der Waals surface area (Å²) in [7, 11) is 0. The lowest BCUT2D eigenvalue weighted by atomic mass is 10.2. The third-order valence-electron chi connectivity index (χ3n) is 2.62. The van der Waals surface area contributed by atoms with E-state index in [1.807, 2.05) is 13.8 Å². The van der Waals surface area contributed by atoms with Gasteiger partial charge in [0.25, 0.3) is 0 Å². The molecule has 0 aromatic heterocycles. The Morgan fingerprint density at radius 1 is 1.50 bits per heavy atom. The van der Waals surface area contributed by atoms with Gasteiger partial charge in [-0.25, -0.2) is 9.38 Å². The highest BCUT2D eigenvalue weighted by Gasteiger charge is 2.10. The molecule has 4 nitrogen and oxygen atoms in total. The Morgan fingerprint density at radius 2 is 2.20 bits per heavy atom. The van der Waals surface area contributed by atoms with Gasteiger partial charge in [0.2, 0.25) is 0 Å². The maximum absolute atomic E-state index is 13.5. The van der Waals surface area contributed by atoms with Crippen molar-refractivity contribution >= 4 is 5.96 Å². The zero-order valence-electron chi connectivity index (χ0n) is 12.0. The van der Waals surface area contributed by atoms with E-state index in [0.717, 1.165) is 5.57 Å². The van der Waals surface area contributed by atoms with Gasteiger partial charge in [0.1, 0.15) is 6.10 Å². The molecule has 0 spiro atoms. The third kappa shape index (κ3) is 5.73. The predicted molar refractivity (Wildman–Crippen MR) is 80.4 cm³/mol. The van der Waals surface area contributed by atoms with Crippen LogP contribution in [0.2, 0.25) is 0 Å². The number of hydrogen-bond acceptors (Lipinski definition) is 2. The highest BCUT2D eigenvalue weighted by atomic mass is 19.1. The fourth-order valence-corrected chi connectivity index (χ4v) is 1.47. The second-order valence-corrected chi connectivity index (χ2v) is 4.62. The van der Waals surface area contributed by atoms with E-state index >= 15 is 0 Å². The molecule has 1 rings (SSSR count). The maximum Gasteiger partial charge on any atom is 0.188 e. The summed E-state index contributed by atoms with van der Waals surface area (Å²) in [6, 6.07) is 6.33. The number of benzene rings is 1. The Kier molecular flexibility index (Phi) is 6.56. The van der Waals surface area contributed by atoms with Crippen LogP contribution in [-0.4, -0.2) is 25.2 Å². The average molecular weight is 279 g/mol. The summed E-state index contributed by atoms with van der Waals surface area (Å²) in [5.41, 5.74) is 6.69. The largest absolute Gasteiger partial charge is 0.485 e. The molecule has 0 heterocycles. The Balaban J connectivity index is 2.53. The van der Waals surface area contributed by atoms with E-state index in [1.54, 1.807) is 18.2 Å². The molecule has 0 amide bonds. The lowest BCUT2D eigenvalue weighted by Gasteiger charge is -2.16. The van der Waals surface area contributed by atoms with Gasteiger partial charge in [0.15, 0.2) is 17.5 Å². The van der Waals surface area contributed by atoms with Crippen LogP contribution in [0.15, 0.2) is 41.4 Å². The van der Waals surface area contributed by atoms with Gasteiger partial charge >= 0.3 is 0 Å². The topological polar surface area (TPSA) is 59.6 Å². The molecule has 0 radical (unpaired) electrons. The Morgan fingerprint density at radius 3 is 2.80 bits per heavy atom. The Labute approximate surface area is 119 Å². The zero-order chi connectivity index (χ0) is 15.0. The van der Waals surface area contributed by atoms with Crippen molar-refractivity contribution < 1.29 is 9.13 Å². The number of halogens is 1. The quantitative estimate of drug-likeness (QED) is 0.458. The number of hydrogen-bond donors (Lipinski definition) is 2. The molecule has 0 aliphatic heterocycles. The molecule has 20 heavy (non-hydrogen) atoms. The number of nitrogens with zero attached hydrogens (tertiary/aromatic N) is 1. The Hall–Kier alpha value is -2.04. The van der Waals surface area contributed by atoms with E-state index < -0.39 is 0 Å². The van der Waals surface area contributed by atoms with Gasteiger partial charge in [-0.2, -0.15) is 0 Å². The molecule has 1 aromatic carbocycles. The van der Waals surface area contributed by atoms with Crippen molar-refractivity contribution in [2.75, 3.05) is 13.1 Å². The van der Waals surface area contributed by atoms with Crippen molar-refractivity contribution in [1.82, 2.24) is 5.32 Å². The predicted octanol–water partition coefficient (Wildman–Crippen LogP) is 2.46. The number of ether oxygens (including phenoxy) is 1. The van der Waals surface area contributed by atoms with Gasteiger partial charge in [0, 0.05) is 6.54 Å². The van der Waals surface area contributed by atoms with Crippen LogP contribution in [0.4, 0.5) is 4.39 Å². The van der Waals surface area contributed by atoms with E-state index in [9.17, 15) is 4.39 Å². The van der Waals surface area contributed by atoms with Gasteiger partial charge < -0.3 is 15.8 Å². The molecule has 1 aromatic rings. The van der Waals surface area contributed by atoms with Gasteiger partial charge in [-0.15, -0.1) is 0 Å². The standard InChI is InChI=1S/C15H22FN3O/c1-4-12(10-19-15(17)18-9-11(2)3)20-14-8-6-5-7-13(14)16/h5-8,12H,2,4,9-10H2,1,3H3,(H3,17,18,19). The summed E-state index contributed by atoms with van der Waals surface area (Å²) < 4.78 is 19.1. The smallest absolute Gasteiger partial charge is 0.188 e. The van der Waals surface area contributed by atoms with Crippen LogP contribution in [0.25, 0.3) is 0 Å². The van der Waals surface area contributed by atoms with Crippen molar-refractivity contribution in [2.24, 2.45) is 10.7 Å². The lowest BCUT2D eigenvalue weighted by molar-refractivity contribution is 0.197. The number of rotatable bonds is 7. The highest BCUT2D eigenvalue weighted by Crippen LogP contribution is 2.18. The summed E-state index contributed by atoms with van der Waals surface area (Å²) >= 11 is 0. The summed E-state index contributed by atoms with van der Waals surface area (Å²) in [6.07, 6.45) is 0.503. The third-order valence-corrected chi connectivity index (χ3v) is 2.62. The molecule has 3 N–H and O–H groups in total. The van der Waals surface area contributed by atoms with Crippen molar-refractivity contribution in [3.63, 3.8) is 0 Å². The first-order chi connectivity index (χ1) is 9.52. The molecule has 110 valence electrons. The van der Waals surface area contributed by atoms with E-state index in [2.05, 4.69) is 16.9 Å². The van der Waals surface area contributed by atoms with E-state index in [4.69, 9.17) is 10.5 Å². The molecule has 0 saturated heterocycles. The molecule has 0 bridgehead atoms. The molecular weight excluding hydrogens is 257 g/mol. The molecule has 5 heteroatoms. The number of para-hydroxylation sites is 1. The molecule has 0 fully saturated rings. The first-order valence-corrected chi connectivity index (χ1v) is 6.62. The van der Waals surface area contributed by atoms with Crippen LogP contribution in [0.3, 0.4) is 0 Å². The lowest BCUT2D eigenvalue weighted by Crippen LogP contribution is -2.34. The van der Waals surface area contributed by atoms with Crippen molar-refractivity contribution in [2.45, 2.75) is 26.4 Å². The van der Waals surface area contributed by atoms with E-state index in [0.29, 0.717) is 25.5 Å². The fourth-order valence-electron chi connectivity index (χ4n) is 1.47. The minimum absolute atomic E-state index is 0.211. The van der Waals surface area contributed by atoms with Crippen LogP contribution in [-0.2, 0) is 0 Å². The zero-order valence-corrected chi connectivity index (χ0v) is 12.0. The van der Waals surface area contributed by atoms with Crippen LogP contribution < -0.4 is 15.8 Å². The molecule has 0 saturated carbocycles. The minimum Gasteiger partial charge on any atom is -0.485 e. The van der Waals surface area contributed by atoms with Gasteiger partial charge in [-0.05, 0) is 25.5 Å². The van der Waals surface area contributed by atoms with Gasteiger partial charge in [-0.3, -0.25) is 0 Å². The average Bonchev–Trinajstić information content (AvgIpc) is 2.43.